The molecule has 1 heterocycles. The van der Waals surface area contributed by atoms with Gasteiger partial charge in [-0.2, -0.15) is 0 Å². The molecule has 0 saturated heterocycles. The van der Waals surface area contributed by atoms with Crippen LogP contribution in [0.5, 0.6) is 5.88 Å². The average molecular weight is 427 g/mol. The molecule has 6 nitrogen and oxygen atoms in total. The van der Waals surface area contributed by atoms with E-state index in [0.717, 1.165) is 5.56 Å². The van der Waals surface area contributed by atoms with E-state index in [1.165, 1.54) is 7.11 Å². The van der Waals surface area contributed by atoms with Crippen LogP contribution >= 0.6 is 11.6 Å². The number of carbonyl (C=O) groups is 1. The molecule has 28 heavy (non-hydrogen) atoms. The first-order valence-electron chi connectivity index (χ1n) is 9.01. The number of esters is 1. The van der Waals surface area contributed by atoms with E-state index >= 15 is 0 Å². The third kappa shape index (κ3) is 5.29. The van der Waals surface area contributed by atoms with Crippen molar-refractivity contribution in [3.8, 4) is 5.88 Å². The van der Waals surface area contributed by atoms with E-state index in [1.807, 2.05) is 27.7 Å². The molecular weight excluding hydrogens is 400 g/mol. The smallest absolute Gasteiger partial charge is 0.343 e. The second-order valence-electron chi connectivity index (χ2n) is 7.79. The van der Waals surface area contributed by atoms with E-state index in [-0.39, 0.29) is 23.6 Å². The van der Waals surface area contributed by atoms with Gasteiger partial charge in [0.05, 0.1) is 24.8 Å². The fourth-order valence-corrected chi connectivity index (χ4v) is 3.61. The number of hydrogen-bond donors (Lipinski definition) is 1. The summed E-state index contributed by atoms with van der Waals surface area (Å²) in [5.41, 5.74) is 1.62. The van der Waals surface area contributed by atoms with Crippen molar-refractivity contribution in [1.82, 2.24) is 9.71 Å². The summed E-state index contributed by atoms with van der Waals surface area (Å²) in [4.78, 5) is 16.9. The van der Waals surface area contributed by atoms with Crippen LogP contribution in [-0.4, -0.2) is 33.5 Å². The Kier molecular flexibility index (Phi) is 7.20. The Bertz CT molecular complexity index is 867. The Hall–Kier alpha value is -1.54. The van der Waals surface area contributed by atoms with Crippen molar-refractivity contribution < 1.29 is 18.8 Å². The van der Waals surface area contributed by atoms with E-state index in [4.69, 9.17) is 21.1 Å². The monoisotopic (exact) mass is 426 g/mol. The lowest BCUT2D eigenvalue weighted by Crippen LogP contribution is -2.40. The van der Waals surface area contributed by atoms with E-state index in [0.29, 0.717) is 15.9 Å². The zero-order chi connectivity index (χ0) is 21.2. The van der Waals surface area contributed by atoms with Gasteiger partial charge in [0.1, 0.15) is 10.3 Å². The normalized spacial score (nSPS) is 14.2. The summed E-state index contributed by atoms with van der Waals surface area (Å²) in [5, 5.41) is 1.17. The molecule has 2 rings (SSSR count). The highest BCUT2D eigenvalue weighted by Crippen LogP contribution is 2.32. The predicted octanol–water partition coefficient (Wildman–Crippen LogP) is 4.57. The van der Waals surface area contributed by atoms with Crippen LogP contribution in [0.15, 0.2) is 18.2 Å². The molecule has 2 atom stereocenters. The molecule has 1 aromatic heterocycles. The lowest BCUT2D eigenvalue weighted by molar-refractivity contribution is 0.0373. The number of carbonyl (C=O) groups excluding carboxylic acids is 1. The van der Waals surface area contributed by atoms with Gasteiger partial charge in [-0.1, -0.05) is 11.6 Å². The molecule has 0 amide bonds. The maximum atomic E-state index is 12.5. The van der Waals surface area contributed by atoms with E-state index in [2.05, 4.69) is 9.71 Å². The molecular formula is C20H27ClN2O4S. The number of fused-ring (bicyclic) bond motifs is 1. The SMILES string of the molecule is COc1nc2c([C@H](C)N[S@+]([O-])C(C)(C)C)cc(Cl)cc2cc1C(=O)OC(C)C. The largest absolute Gasteiger partial charge is 0.598 e. The number of ether oxygens (including phenoxy) is 2. The minimum atomic E-state index is -1.27. The van der Waals surface area contributed by atoms with Gasteiger partial charge < -0.3 is 14.0 Å². The Balaban J connectivity index is 2.55. The molecule has 2 aromatic rings. The quantitative estimate of drug-likeness (QED) is 0.537. The van der Waals surface area contributed by atoms with Crippen molar-refractivity contribution in [1.29, 1.82) is 0 Å². The van der Waals surface area contributed by atoms with Crippen LogP contribution in [0.2, 0.25) is 5.02 Å². The number of nitrogens with one attached hydrogen (secondary N) is 1. The van der Waals surface area contributed by atoms with Crippen molar-refractivity contribution in [2.75, 3.05) is 7.11 Å². The highest BCUT2D eigenvalue weighted by Gasteiger charge is 2.29. The topological polar surface area (TPSA) is 83.5 Å². The van der Waals surface area contributed by atoms with Crippen molar-refractivity contribution in [2.24, 2.45) is 0 Å². The Labute approximate surface area is 174 Å². The summed E-state index contributed by atoms with van der Waals surface area (Å²) in [6.07, 6.45) is -0.264. The average Bonchev–Trinajstić information content (AvgIpc) is 2.58. The molecule has 0 saturated carbocycles. The van der Waals surface area contributed by atoms with Gasteiger partial charge in [0, 0.05) is 27.3 Å². The minimum Gasteiger partial charge on any atom is -0.598 e. The molecule has 0 unspecified atom stereocenters. The summed E-state index contributed by atoms with van der Waals surface area (Å²) in [6, 6.07) is 4.88. The Morgan fingerprint density at radius 2 is 1.89 bits per heavy atom. The number of rotatable bonds is 6. The lowest BCUT2D eigenvalue weighted by Gasteiger charge is -2.27. The number of hydrogen-bond acceptors (Lipinski definition) is 6. The first kappa shape index (κ1) is 22.7. The van der Waals surface area contributed by atoms with Crippen LogP contribution in [-0.2, 0) is 16.1 Å². The van der Waals surface area contributed by atoms with Gasteiger partial charge in [-0.15, -0.1) is 4.72 Å². The molecule has 8 heteroatoms. The molecule has 0 bridgehead atoms. The van der Waals surface area contributed by atoms with Crippen molar-refractivity contribution in [3.05, 3.63) is 34.3 Å². The molecule has 0 radical (unpaired) electrons. The first-order chi connectivity index (χ1) is 12.9. The zero-order valence-corrected chi connectivity index (χ0v) is 18.8. The maximum absolute atomic E-state index is 12.5. The van der Waals surface area contributed by atoms with Crippen LogP contribution in [0.4, 0.5) is 0 Å². The number of aromatic nitrogens is 1. The second-order valence-corrected chi connectivity index (χ2v) is 10.2. The molecule has 0 aliphatic rings. The van der Waals surface area contributed by atoms with Crippen LogP contribution < -0.4 is 9.46 Å². The van der Waals surface area contributed by atoms with Gasteiger partial charge in [-0.25, -0.2) is 9.78 Å². The summed E-state index contributed by atoms with van der Waals surface area (Å²) in [5.74, 6) is -0.339. The molecule has 1 N–H and O–H groups in total. The Morgan fingerprint density at radius 1 is 1.25 bits per heavy atom. The second kappa shape index (κ2) is 8.86. The fourth-order valence-electron chi connectivity index (χ4n) is 2.57. The van der Waals surface area contributed by atoms with Gasteiger partial charge in [0.2, 0.25) is 5.88 Å². The maximum Gasteiger partial charge on any atom is 0.343 e. The number of benzene rings is 1. The van der Waals surface area contributed by atoms with E-state index in [1.54, 1.807) is 32.0 Å². The zero-order valence-electron chi connectivity index (χ0n) is 17.3. The third-order valence-corrected chi connectivity index (χ3v) is 5.84. The van der Waals surface area contributed by atoms with E-state index in [9.17, 15) is 9.35 Å². The fraction of sp³-hybridized carbons (Fsp3) is 0.500. The highest BCUT2D eigenvalue weighted by molar-refractivity contribution is 7.90. The summed E-state index contributed by atoms with van der Waals surface area (Å²) in [6.45, 7) is 11.1. The Morgan fingerprint density at radius 3 is 2.43 bits per heavy atom. The number of nitrogens with zero attached hydrogens (tertiary/aromatic N) is 1. The van der Waals surface area contributed by atoms with Crippen LogP contribution in [0.3, 0.4) is 0 Å². The minimum absolute atomic E-state index is 0.172. The van der Waals surface area contributed by atoms with Crippen molar-refractivity contribution in [2.45, 2.75) is 58.4 Å². The number of halogens is 1. The van der Waals surface area contributed by atoms with E-state index < -0.39 is 22.1 Å². The van der Waals surface area contributed by atoms with Crippen LogP contribution in [0.25, 0.3) is 10.9 Å². The molecule has 0 aliphatic heterocycles. The van der Waals surface area contributed by atoms with Crippen LogP contribution in [0.1, 0.15) is 63.5 Å². The van der Waals surface area contributed by atoms with Gasteiger partial charge >= 0.3 is 5.97 Å². The molecule has 0 spiro atoms. The molecule has 154 valence electrons. The van der Waals surface area contributed by atoms with Gasteiger partial charge in [0.25, 0.3) is 0 Å². The van der Waals surface area contributed by atoms with Gasteiger partial charge in [0.15, 0.2) is 0 Å². The molecule has 0 aliphatic carbocycles. The standard InChI is InChI=1S/C20H27ClN2O4S/c1-11(2)27-19(24)16-9-13-8-14(21)10-15(17(13)22-18(16)26-7)12(3)23-28(25)20(4,5)6/h8-12,23H,1-7H3/t12-,28+/m0/s1. The molecule has 0 fully saturated rings. The summed E-state index contributed by atoms with van der Waals surface area (Å²) in [7, 11) is 1.45. The van der Waals surface area contributed by atoms with Gasteiger partial charge in [-0.05, 0) is 59.7 Å². The van der Waals surface area contributed by atoms with Gasteiger partial charge in [-0.3, -0.25) is 0 Å². The summed E-state index contributed by atoms with van der Waals surface area (Å²) >= 11 is 5.04. The first-order valence-corrected chi connectivity index (χ1v) is 10.5. The summed E-state index contributed by atoms with van der Waals surface area (Å²) < 4.78 is 25.8. The molecule has 1 aromatic carbocycles. The number of methoxy groups -OCH3 is 1. The number of pyridine rings is 1. The van der Waals surface area contributed by atoms with Crippen LogP contribution in [0, 0.1) is 0 Å². The van der Waals surface area contributed by atoms with Crippen molar-refractivity contribution >= 4 is 39.8 Å². The lowest BCUT2D eigenvalue weighted by atomic mass is 10.0. The predicted molar refractivity (Wildman–Crippen MR) is 113 cm³/mol. The van der Waals surface area contributed by atoms with Crippen molar-refractivity contribution in [3.63, 3.8) is 0 Å². The highest BCUT2D eigenvalue weighted by atomic mass is 35.5. The third-order valence-electron chi connectivity index (χ3n) is 3.94.